The Morgan fingerprint density at radius 2 is 1.97 bits per heavy atom. The fourth-order valence-electron chi connectivity index (χ4n) is 3.32. The summed E-state index contributed by atoms with van der Waals surface area (Å²) in [6.45, 7) is 6.05. The van der Waals surface area contributed by atoms with Gasteiger partial charge in [-0.15, -0.1) is 5.10 Å². The number of esters is 1. The summed E-state index contributed by atoms with van der Waals surface area (Å²) in [5, 5.41) is 32.3. The molecule has 2 aromatic heterocycles. The lowest BCUT2D eigenvalue weighted by molar-refractivity contribution is -0.383. The second kappa shape index (κ2) is 11.4. The van der Waals surface area contributed by atoms with Crippen LogP contribution in [0, 0.1) is 10.1 Å². The van der Waals surface area contributed by atoms with E-state index in [1.807, 2.05) is 0 Å². The standard InChI is InChI=1S/C21H28N8O7/c1-21(2,3)35-20(31)23-15(19(30)34-4)7-5-6-10-28-12-13(24-27-28)11-22-14-8-9-16(29(32)33)18-17(14)25-36-26-18/h8-9,12,15,22H,5-7,10-11H2,1-4H3,(H,23,31)/t15-/m0/s1. The summed E-state index contributed by atoms with van der Waals surface area (Å²) < 4.78 is 16.3. The van der Waals surface area contributed by atoms with Crippen molar-refractivity contribution in [1.29, 1.82) is 0 Å². The zero-order chi connectivity index (χ0) is 26.3. The molecule has 0 aliphatic carbocycles. The summed E-state index contributed by atoms with van der Waals surface area (Å²) in [5.74, 6) is -0.544. The lowest BCUT2D eigenvalue weighted by atomic mass is 10.1. The number of hydrogen-bond donors (Lipinski definition) is 2. The number of alkyl carbamates (subject to hydrolysis) is 1. The fourth-order valence-corrected chi connectivity index (χ4v) is 3.32. The molecule has 3 rings (SSSR count). The average Bonchev–Trinajstić information content (AvgIpc) is 3.47. The topological polar surface area (TPSA) is 189 Å². The molecule has 3 aromatic rings. The highest BCUT2D eigenvalue weighted by molar-refractivity contribution is 5.93. The zero-order valence-corrected chi connectivity index (χ0v) is 20.4. The molecule has 194 valence electrons. The Hall–Kier alpha value is -4.30. The summed E-state index contributed by atoms with van der Waals surface area (Å²) >= 11 is 0. The van der Waals surface area contributed by atoms with Gasteiger partial charge in [0.05, 0.1) is 30.5 Å². The number of rotatable bonds is 11. The Morgan fingerprint density at radius 1 is 1.22 bits per heavy atom. The van der Waals surface area contributed by atoms with Crippen LogP contribution in [0.25, 0.3) is 11.0 Å². The number of nitrogens with one attached hydrogen (secondary N) is 2. The maximum Gasteiger partial charge on any atom is 0.408 e. The number of aromatic nitrogens is 5. The summed E-state index contributed by atoms with van der Waals surface area (Å²) in [4.78, 5) is 34.6. The Bertz CT molecular complexity index is 1220. The molecule has 2 heterocycles. The van der Waals surface area contributed by atoms with Crippen molar-refractivity contribution in [3.63, 3.8) is 0 Å². The molecule has 0 spiro atoms. The number of non-ortho nitro benzene ring substituents is 1. The number of nitro groups is 1. The quantitative estimate of drug-likeness (QED) is 0.168. The fraction of sp³-hybridized carbons (Fsp3) is 0.524. The normalized spacial score (nSPS) is 12.2. The van der Waals surface area contributed by atoms with Gasteiger partial charge in [-0.3, -0.25) is 14.8 Å². The monoisotopic (exact) mass is 504 g/mol. The van der Waals surface area contributed by atoms with Crippen LogP contribution in [0.15, 0.2) is 23.0 Å². The molecule has 0 unspecified atom stereocenters. The first kappa shape index (κ1) is 26.3. The van der Waals surface area contributed by atoms with Crippen LogP contribution in [0.1, 0.15) is 45.7 Å². The number of anilines is 1. The molecule has 0 fully saturated rings. The molecule has 36 heavy (non-hydrogen) atoms. The van der Waals surface area contributed by atoms with E-state index in [0.29, 0.717) is 43.7 Å². The lowest BCUT2D eigenvalue weighted by Crippen LogP contribution is -2.44. The van der Waals surface area contributed by atoms with Gasteiger partial charge in [-0.05, 0) is 56.4 Å². The molecule has 0 bridgehead atoms. The molecule has 15 heteroatoms. The van der Waals surface area contributed by atoms with Crippen LogP contribution < -0.4 is 10.6 Å². The maximum atomic E-state index is 12.0. The van der Waals surface area contributed by atoms with Crippen LogP contribution in [0.5, 0.6) is 0 Å². The number of fused-ring (bicyclic) bond motifs is 1. The van der Waals surface area contributed by atoms with Crippen molar-refractivity contribution in [2.24, 2.45) is 0 Å². The van der Waals surface area contributed by atoms with Crippen LogP contribution in [0.3, 0.4) is 0 Å². The Morgan fingerprint density at radius 3 is 2.67 bits per heavy atom. The van der Waals surface area contributed by atoms with E-state index in [2.05, 4.69) is 35.9 Å². The van der Waals surface area contributed by atoms with Gasteiger partial charge in [0.2, 0.25) is 5.52 Å². The first-order valence-electron chi connectivity index (χ1n) is 11.2. The minimum atomic E-state index is -0.815. The summed E-state index contributed by atoms with van der Waals surface area (Å²) in [5.41, 5.74) is 0.575. The van der Waals surface area contributed by atoms with Crippen LogP contribution >= 0.6 is 0 Å². The molecular formula is C21H28N8O7. The van der Waals surface area contributed by atoms with Gasteiger partial charge in [0.1, 0.15) is 17.3 Å². The van der Waals surface area contributed by atoms with E-state index >= 15 is 0 Å². The number of unbranched alkanes of at least 4 members (excludes halogenated alkanes) is 1. The highest BCUT2D eigenvalue weighted by atomic mass is 16.6. The van der Waals surface area contributed by atoms with E-state index in [0.717, 1.165) is 0 Å². The molecule has 15 nitrogen and oxygen atoms in total. The molecule has 0 radical (unpaired) electrons. The average molecular weight is 505 g/mol. The largest absolute Gasteiger partial charge is 0.467 e. The number of nitro benzene ring substituents is 1. The summed E-state index contributed by atoms with van der Waals surface area (Å²) in [7, 11) is 1.26. The van der Waals surface area contributed by atoms with Crippen molar-refractivity contribution in [1.82, 2.24) is 30.6 Å². The Balaban J connectivity index is 1.48. The van der Waals surface area contributed by atoms with Gasteiger partial charge in [-0.1, -0.05) is 5.21 Å². The molecule has 1 aromatic carbocycles. The third-order valence-electron chi connectivity index (χ3n) is 4.94. The molecule has 0 aliphatic rings. The molecule has 0 saturated carbocycles. The van der Waals surface area contributed by atoms with E-state index in [4.69, 9.17) is 9.47 Å². The van der Waals surface area contributed by atoms with Gasteiger partial charge in [-0.25, -0.2) is 14.2 Å². The molecule has 1 amide bonds. The second-order valence-corrected chi connectivity index (χ2v) is 8.90. The third-order valence-corrected chi connectivity index (χ3v) is 4.94. The van der Waals surface area contributed by atoms with E-state index in [9.17, 15) is 19.7 Å². The van der Waals surface area contributed by atoms with Gasteiger partial charge < -0.3 is 20.1 Å². The number of ether oxygens (including phenoxy) is 2. The van der Waals surface area contributed by atoms with Crippen LogP contribution in [-0.4, -0.2) is 61.0 Å². The lowest BCUT2D eigenvalue weighted by Gasteiger charge is -2.22. The predicted molar refractivity (Wildman–Crippen MR) is 125 cm³/mol. The number of carbonyl (C=O) groups is 2. The van der Waals surface area contributed by atoms with Gasteiger partial charge in [0.15, 0.2) is 5.52 Å². The summed E-state index contributed by atoms with van der Waals surface area (Å²) in [6, 6.07) is 2.04. The van der Waals surface area contributed by atoms with E-state index in [1.54, 1.807) is 31.6 Å². The van der Waals surface area contributed by atoms with Crippen molar-refractivity contribution in [2.45, 2.75) is 64.8 Å². The highest BCUT2D eigenvalue weighted by Gasteiger charge is 2.24. The Labute approximate surface area is 205 Å². The number of carbonyl (C=O) groups excluding carboxylic acids is 2. The number of amides is 1. The molecule has 1 atom stereocenters. The first-order chi connectivity index (χ1) is 17.1. The van der Waals surface area contributed by atoms with Gasteiger partial charge in [0.25, 0.3) is 0 Å². The number of benzene rings is 1. The molecule has 2 N–H and O–H groups in total. The number of hydrogen-bond acceptors (Lipinski definition) is 12. The predicted octanol–water partition coefficient (Wildman–Crippen LogP) is 2.57. The number of aryl methyl sites for hydroxylation is 1. The minimum Gasteiger partial charge on any atom is -0.467 e. The summed E-state index contributed by atoms with van der Waals surface area (Å²) in [6.07, 6.45) is 2.73. The third kappa shape index (κ3) is 7.10. The van der Waals surface area contributed by atoms with Crippen molar-refractivity contribution in [3.8, 4) is 0 Å². The van der Waals surface area contributed by atoms with Crippen LogP contribution in [0.2, 0.25) is 0 Å². The van der Waals surface area contributed by atoms with Crippen molar-refractivity contribution in [2.75, 3.05) is 12.4 Å². The van der Waals surface area contributed by atoms with Crippen molar-refractivity contribution < 1.29 is 28.6 Å². The molecule has 0 aliphatic heterocycles. The molecular weight excluding hydrogens is 476 g/mol. The highest BCUT2D eigenvalue weighted by Crippen LogP contribution is 2.28. The maximum absolute atomic E-state index is 12.0. The van der Waals surface area contributed by atoms with E-state index < -0.39 is 28.6 Å². The van der Waals surface area contributed by atoms with E-state index in [-0.39, 0.29) is 16.7 Å². The minimum absolute atomic E-state index is 0.0556. The van der Waals surface area contributed by atoms with Crippen LogP contribution in [0.4, 0.5) is 16.2 Å². The van der Waals surface area contributed by atoms with Gasteiger partial charge >= 0.3 is 17.7 Å². The first-order valence-corrected chi connectivity index (χ1v) is 11.2. The second-order valence-electron chi connectivity index (χ2n) is 8.90. The number of nitrogens with zero attached hydrogens (tertiary/aromatic N) is 6. The van der Waals surface area contributed by atoms with Crippen LogP contribution in [-0.2, 0) is 27.4 Å². The zero-order valence-electron chi connectivity index (χ0n) is 20.4. The Kier molecular flexibility index (Phi) is 8.34. The smallest absolute Gasteiger partial charge is 0.408 e. The SMILES string of the molecule is COC(=O)[C@H](CCCCn1cc(CNc2ccc([N+](=O)[O-])c3nonc23)nn1)NC(=O)OC(C)(C)C. The van der Waals surface area contributed by atoms with Crippen molar-refractivity contribution in [3.05, 3.63) is 34.1 Å². The number of methoxy groups -OCH3 is 1. The van der Waals surface area contributed by atoms with Crippen molar-refractivity contribution >= 4 is 34.5 Å². The van der Waals surface area contributed by atoms with E-state index in [1.165, 1.54) is 19.2 Å². The van der Waals surface area contributed by atoms with Gasteiger partial charge in [0, 0.05) is 12.6 Å². The molecule has 0 saturated heterocycles. The van der Waals surface area contributed by atoms with Gasteiger partial charge in [-0.2, -0.15) is 0 Å².